The predicted octanol–water partition coefficient (Wildman–Crippen LogP) is 6.31. The maximum Gasteiger partial charge on any atom is 0.163 e. The maximum absolute atomic E-state index is 13.2. The number of benzene rings is 2. The molecule has 0 amide bonds. The molecule has 0 fully saturated rings. The van der Waals surface area contributed by atoms with Crippen LogP contribution in [0.5, 0.6) is 0 Å². The van der Waals surface area contributed by atoms with E-state index in [-0.39, 0.29) is 12.2 Å². The van der Waals surface area contributed by atoms with Crippen LogP contribution in [0.2, 0.25) is 5.02 Å². The Morgan fingerprint density at radius 2 is 1.71 bits per heavy atom. The van der Waals surface area contributed by atoms with Gasteiger partial charge in [0.1, 0.15) is 22.7 Å². The Balaban J connectivity index is 1.61. The van der Waals surface area contributed by atoms with E-state index in [1.165, 1.54) is 16.0 Å². The standard InChI is InChI=1S/C27H25ClN4OS/c1-15-5-7-19(8-6-15)13-22(33)14-23-26-31-30-18(4)32(26)27-24(16(2)17(3)34-27)25(29-23)20-9-11-21(28)12-10-20/h5-12,23H,13-14H2,1-4H3/t23-/m0/s1. The average Bonchev–Trinajstić information content (AvgIpc) is 3.28. The number of aromatic nitrogens is 3. The molecule has 5 nitrogen and oxygen atoms in total. The monoisotopic (exact) mass is 488 g/mol. The van der Waals surface area contributed by atoms with Crippen LogP contribution in [0.1, 0.15) is 56.8 Å². The van der Waals surface area contributed by atoms with Crippen molar-refractivity contribution < 1.29 is 4.79 Å². The predicted molar refractivity (Wildman–Crippen MR) is 138 cm³/mol. The van der Waals surface area contributed by atoms with Gasteiger partial charge in [0.15, 0.2) is 5.82 Å². The molecular formula is C27H25ClN4OS. The Morgan fingerprint density at radius 1 is 1.00 bits per heavy atom. The number of hydrogen-bond donors (Lipinski definition) is 0. The first-order chi connectivity index (χ1) is 16.3. The molecule has 0 spiro atoms. The minimum Gasteiger partial charge on any atom is -0.299 e. The summed E-state index contributed by atoms with van der Waals surface area (Å²) >= 11 is 7.88. The van der Waals surface area contributed by atoms with Crippen molar-refractivity contribution in [3.05, 3.63) is 97.9 Å². The minimum absolute atomic E-state index is 0.124. The lowest BCUT2D eigenvalue weighted by Crippen LogP contribution is -2.13. The third kappa shape index (κ3) is 4.12. The molecule has 0 bridgehead atoms. The third-order valence-corrected chi connectivity index (χ3v) is 7.74. The number of thiophene rings is 1. The molecule has 7 heteroatoms. The lowest BCUT2D eigenvalue weighted by Gasteiger charge is -2.12. The Labute approximate surface area is 208 Å². The summed E-state index contributed by atoms with van der Waals surface area (Å²) in [5.41, 5.74) is 6.28. The van der Waals surface area contributed by atoms with Gasteiger partial charge in [0.25, 0.3) is 0 Å². The molecule has 0 aliphatic carbocycles. The van der Waals surface area contributed by atoms with E-state index in [0.717, 1.165) is 33.2 Å². The molecule has 0 N–H and O–H groups in total. The van der Waals surface area contributed by atoms with Gasteiger partial charge < -0.3 is 0 Å². The number of aryl methyl sites for hydroxylation is 3. The Hall–Kier alpha value is -3.09. The molecule has 2 aromatic carbocycles. The lowest BCUT2D eigenvalue weighted by molar-refractivity contribution is -0.118. The van der Waals surface area contributed by atoms with Crippen molar-refractivity contribution in [3.63, 3.8) is 0 Å². The van der Waals surface area contributed by atoms with Gasteiger partial charge in [-0.05, 0) is 51.0 Å². The lowest BCUT2D eigenvalue weighted by atomic mass is 9.99. The number of carbonyl (C=O) groups excluding carboxylic acids is 1. The average molecular weight is 489 g/mol. The molecule has 0 saturated carbocycles. The Bertz CT molecular complexity index is 1410. The van der Waals surface area contributed by atoms with Crippen LogP contribution in [0.15, 0.2) is 53.5 Å². The van der Waals surface area contributed by atoms with Crippen molar-refractivity contribution in [3.8, 4) is 5.00 Å². The summed E-state index contributed by atoms with van der Waals surface area (Å²) in [6, 6.07) is 15.4. The molecule has 0 saturated heterocycles. The van der Waals surface area contributed by atoms with E-state index in [1.54, 1.807) is 11.3 Å². The molecule has 0 unspecified atom stereocenters. The molecule has 34 heavy (non-hydrogen) atoms. The molecule has 1 atom stereocenters. The number of carbonyl (C=O) groups is 1. The van der Waals surface area contributed by atoms with E-state index in [4.69, 9.17) is 16.6 Å². The highest BCUT2D eigenvalue weighted by Crippen LogP contribution is 2.39. The van der Waals surface area contributed by atoms with Gasteiger partial charge in [-0.25, -0.2) is 0 Å². The van der Waals surface area contributed by atoms with Gasteiger partial charge in [-0.15, -0.1) is 21.5 Å². The SMILES string of the molecule is Cc1ccc(CC(=O)C[C@@H]2N=C(c3ccc(Cl)cc3)c3c(sc(C)c3C)-n3c(C)nnc32)cc1. The van der Waals surface area contributed by atoms with E-state index < -0.39 is 6.04 Å². The summed E-state index contributed by atoms with van der Waals surface area (Å²) in [6.45, 7) is 8.24. The van der Waals surface area contributed by atoms with Crippen molar-refractivity contribution in [1.29, 1.82) is 0 Å². The normalized spacial score (nSPS) is 14.9. The quantitative estimate of drug-likeness (QED) is 0.330. The van der Waals surface area contributed by atoms with Gasteiger partial charge in [-0.3, -0.25) is 14.4 Å². The summed E-state index contributed by atoms with van der Waals surface area (Å²) in [7, 11) is 0. The van der Waals surface area contributed by atoms with Gasteiger partial charge in [0, 0.05) is 33.9 Å². The number of aliphatic imine (C=N–C) groups is 1. The van der Waals surface area contributed by atoms with Gasteiger partial charge in [-0.2, -0.15) is 0 Å². The molecule has 1 aliphatic rings. The summed E-state index contributed by atoms with van der Waals surface area (Å²) in [6.07, 6.45) is 0.631. The number of halogens is 1. The van der Waals surface area contributed by atoms with Crippen molar-refractivity contribution in [2.24, 2.45) is 4.99 Å². The van der Waals surface area contributed by atoms with Crippen LogP contribution >= 0.6 is 22.9 Å². The van der Waals surface area contributed by atoms with Gasteiger partial charge in [0.05, 0.1) is 5.71 Å². The van der Waals surface area contributed by atoms with Crippen molar-refractivity contribution in [1.82, 2.24) is 14.8 Å². The zero-order valence-corrected chi connectivity index (χ0v) is 21.2. The fraction of sp³-hybridized carbons (Fsp3) is 0.259. The smallest absolute Gasteiger partial charge is 0.163 e. The molecular weight excluding hydrogens is 464 g/mol. The van der Waals surface area contributed by atoms with Crippen LogP contribution in [0, 0.1) is 27.7 Å². The first-order valence-corrected chi connectivity index (χ1v) is 12.4. The first-order valence-electron chi connectivity index (χ1n) is 11.3. The van der Waals surface area contributed by atoms with Crippen LogP contribution in [-0.4, -0.2) is 26.3 Å². The van der Waals surface area contributed by atoms with E-state index in [9.17, 15) is 4.79 Å². The Morgan fingerprint density at radius 3 is 2.41 bits per heavy atom. The van der Waals surface area contributed by atoms with Crippen molar-refractivity contribution in [2.75, 3.05) is 0 Å². The second kappa shape index (κ2) is 8.93. The van der Waals surface area contributed by atoms with Crippen LogP contribution in [0.25, 0.3) is 5.00 Å². The van der Waals surface area contributed by atoms with E-state index in [0.29, 0.717) is 17.3 Å². The molecule has 172 valence electrons. The second-order valence-electron chi connectivity index (χ2n) is 8.81. The number of hydrogen-bond acceptors (Lipinski definition) is 5. The number of fused-ring (bicyclic) bond motifs is 3. The number of Topliss-reactive ketones (excluding diaryl/α,β-unsaturated/α-hetero) is 1. The summed E-state index contributed by atoms with van der Waals surface area (Å²) in [4.78, 5) is 19.6. The summed E-state index contributed by atoms with van der Waals surface area (Å²) in [5, 5.41) is 10.6. The molecule has 4 aromatic rings. The van der Waals surface area contributed by atoms with Gasteiger partial charge >= 0.3 is 0 Å². The highest BCUT2D eigenvalue weighted by Gasteiger charge is 2.32. The first kappa shape index (κ1) is 22.7. The number of rotatable bonds is 5. The molecule has 3 heterocycles. The number of nitrogens with zero attached hydrogens (tertiary/aromatic N) is 4. The third-order valence-electron chi connectivity index (χ3n) is 6.30. The summed E-state index contributed by atoms with van der Waals surface area (Å²) in [5.74, 6) is 1.63. The van der Waals surface area contributed by atoms with E-state index in [1.807, 2.05) is 62.4 Å². The molecule has 2 aromatic heterocycles. The maximum atomic E-state index is 13.2. The summed E-state index contributed by atoms with van der Waals surface area (Å²) < 4.78 is 2.08. The number of ketones is 1. The highest BCUT2D eigenvalue weighted by atomic mass is 35.5. The van der Waals surface area contributed by atoms with E-state index in [2.05, 4.69) is 28.6 Å². The fourth-order valence-electron chi connectivity index (χ4n) is 4.35. The molecule has 5 rings (SSSR count). The van der Waals surface area contributed by atoms with Crippen molar-refractivity contribution in [2.45, 2.75) is 46.6 Å². The van der Waals surface area contributed by atoms with E-state index >= 15 is 0 Å². The van der Waals surface area contributed by atoms with Gasteiger partial charge in [0.2, 0.25) is 0 Å². The largest absolute Gasteiger partial charge is 0.299 e. The van der Waals surface area contributed by atoms with Crippen LogP contribution < -0.4 is 0 Å². The molecule has 1 aliphatic heterocycles. The molecule has 0 radical (unpaired) electrons. The topological polar surface area (TPSA) is 60.1 Å². The van der Waals surface area contributed by atoms with Crippen molar-refractivity contribution >= 4 is 34.4 Å². The zero-order valence-electron chi connectivity index (χ0n) is 19.6. The fourth-order valence-corrected chi connectivity index (χ4v) is 5.69. The van der Waals surface area contributed by atoms with Crippen LogP contribution in [0.4, 0.5) is 0 Å². The van der Waals surface area contributed by atoms with Crippen LogP contribution in [-0.2, 0) is 11.2 Å². The van der Waals surface area contributed by atoms with Gasteiger partial charge in [-0.1, -0.05) is 53.6 Å². The zero-order chi connectivity index (χ0) is 24.0. The Kier molecular flexibility index (Phi) is 5.96. The minimum atomic E-state index is -0.427. The van der Waals surface area contributed by atoms with Crippen LogP contribution in [0.3, 0.4) is 0 Å². The highest BCUT2D eigenvalue weighted by molar-refractivity contribution is 7.15. The second-order valence-corrected chi connectivity index (χ2v) is 10.4.